The van der Waals surface area contributed by atoms with E-state index in [9.17, 15) is 9.59 Å². The number of carbonyl (C=O) groups excluding carboxylic acids is 2. The lowest BCUT2D eigenvalue weighted by molar-refractivity contribution is -0.123. The monoisotopic (exact) mass is 495 g/mol. The lowest BCUT2D eigenvalue weighted by Crippen LogP contribution is -2.46. The van der Waals surface area contributed by atoms with Crippen LogP contribution in [0, 0.1) is 0 Å². The molecule has 31 heavy (non-hydrogen) atoms. The van der Waals surface area contributed by atoms with E-state index in [1.165, 1.54) is 6.07 Å². The Morgan fingerprint density at radius 2 is 1.94 bits per heavy atom. The van der Waals surface area contributed by atoms with Gasteiger partial charge in [-0.25, -0.2) is 10.2 Å². The summed E-state index contributed by atoms with van der Waals surface area (Å²) in [4.78, 5) is 25.4. The van der Waals surface area contributed by atoms with Crippen LogP contribution < -0.4 is 15.5 Å². The Balaban J connectivity index is 1.64. The highest BCUT2D eigenvalue weighted by Gasteiger charge is 2.33. The van der Waals surface area contributed by atoms with E-state index >= 15 is 0 Å². The average Bonchev–Trinajstić information content (AvgIpc) is 2.99. The van der Waals surface area contributed by atoms with Crippen molar-refractivity contribution in [1.82, 2.24) is 10.4 Å². The van der Waals surface area contributed by atoms with Crippen LogP contribution in [-0.2, 0) is 4.79 Å². The molecule has 10 heteroatoms. The smallest absolute Gasteiger partial charge is 0.338 e. The standard InChI is InChI=1S/C21H19Cl2N3O3S2/c1-3-12(2)29-15-7-4-13(5-8-15)10-18-19(27)26(21(30)31-18)25-20(28)24-14-6-9-16(22)17(23)11-14/h4-12H,3H2,1-2H3,(H2,24,25,28)/b18-10-/t12-/m1/s1. The average molecular weight is 496 g/mol. The third-order valence-corrected chi connectivity index (χ3v) is 6.32. The fourth-order valence-corrected chi connectivity index (χ4v) is 3.99. The second-order valence-electron chi connectivity index (χ2n) is 6.62. The highest BCUT2D eigenvalue weighted by atomic mass is 35.5. The van der Waals surface area contributed by atoms with Crippen LogP contribution in [0.4, 0.5) is 10.5 Å². The van der Waals surface area contributed by atoms with Gasteiger partial charge in [-0.2, -0.15) is 5.01 Å². The molecule has 0 radical (unpaired) electrons. The third-order valence-electron chi connectivity index (χ3n) is 4.27. The molecule has 0 aliphatic carbocycles. The van der Waals surface area contributed by atoms with Gasteiger partial charge in [0.15, 0.2) is 4.32 Å². The van der Waals surface area contributed by atoms with Crippen molar-refractivity contribution in [3.63, 3.8) is 0 Å². The molecule has 2 aromatic carbocycles. The number of rotatable bonds is 6. The Morgan fingerprint density at radius 1 is 1.23 bits per heavy atom. The third kappa shape index (κ3) is 6.13. The molecule has 1 fully saturated rings. The Morgan fingerprint density at radius 3 is 2.58 bits per heavy atom. The van der Waals surface area contributed by atoms with E-state index in [4.69, 9.17) is 40.2 Å². The van der Waals surface area contributed by atoms with Crippen molar-refractivity contribution in [3.8, 4) is 5.75 Å². The summed E-state index contributed by atoms with van der Waals surface area (Å²) in [5, 5.41) is 4.28. The van der Waals surface area contributed by atoms with E-state index in [2.05, 4.69) is 17.7 Å². The Bertz CT molecular complexity index is 1040. The van der Waals surface area contributed by atoms with Gasteiger partial charge in [-0.05, 0) is 67.5 Å². The highest BCUT2D eigenvalue weighted by molar-refractivity contribution is 8.26. The maximum atomic E-state index is 12.7. The van der Waals surface area contributed by atoms with E-state index in [0.29, 0.717) is 20.6 Å². The van der Waals surface area contributed by atoms with E-state index in [0.717, 1.165) is 34.5 Å². The minimum absolute atomic E-state index is 0.128. The number of urea groups is 1. The van der Waals surface area contributed by atoms with Gasteiger partial charge in [0.05, 0.1) is 21.1 Å². The largest absolute Gasteiger partial charge is 0.491 e. The molecule has 2 N–H and O–H groups in total. The molecule has 1 aliphatic heterocycles. The van der Waals surface area contributed by atoms with Crippen molar-refractivity contribution in [1.29, 1.82) is 0 Å². The van der Waals surface area contributed by atoms with Crippen molar-refractivity contribution >= 4 is 75.2 Å². The van der Waals surface area contributed by atoms with Crippen LogP contribution in [0.2, 0.25) is 10.0 Å². The second kappa shape index (κ2) is 10.4. The number of nitrogens with zero attached hydrogens (tertiary/aromatic N) is 1. The van der Waals surface area contributed by atoms with Gasteiger partial charge in [0.25, 0.3) is 5.91 Å². The normalized spacial score (nSPS) is 15.9. The molecule has 1 saturated heterocycles. The molecule has 162 valence electrons. The van der Waals surface area contributed by atoms with Crippen molar-refractivity contribution in [2.24, 2.45) is 0 Å². The number of hydrazine groups is 1. The van der Waals surface area contributed by atoms with E-state index in [1.807, 2.05) is 31.2 Å². The number of carbonyl (C=O) groups is 2. The summed E-state index contributed by atoms with van der Waals surface area (Å²) in [6, 6.07) is 11.4. The first-order valence-corrected chi connectivity index (χ1v) is 11.3. The second-order valence-corrected chi connectivity index (χ2v) is 9.11. The zero-order valence-corrected chi connectivity index (χ0v) is 19.8. The summed E-state index contributed by atoms with van der Waals surface area (Å²) in [6.07, 6.45) is 2.75. The quantitative estimate of drug-likeness (QED) is 0.373. The molecular formula is C21H19Cl2N3O3S2. The van der Waals surface area contributed by atoms with Crippen LogP contribution >= 0.6 is 47.2 Å². The van der Waals surface area contributed by atoms with Crippen molar-refractivity contribution in [2.75, 3.05) is 5.32 Å². The van der Waals surface area contributed by atoms with Crippen LogP contribution in [0.15, 0.2) is 47.4 Å². The van der Waals surface area contributed by atoms with Crippen LogP contribution in [0.1, 0.15) is 25.8 Å². The van der Waals surface area contributed by atoms with Crippen LogP contribution in [-0.4, -0.2) is 27.4 Å². The first kappa shape index (κ1) is 23.4. The molecule has 0 saturated carbocycles. The Hall–Kier alpha value is -2.26. The van der Waals surface area contributed by atoms with Gasteiger partial charge >= 0.3 is 6.03 Å². The molecule has 0 aromatic heterocycles. The maximum Gasteiger partial charge on any atom is 0.338 e. The van der Waals surface area contributed by atoms with Crippen molar-refractivity contribution in [3.05, 3.63) is 63.0 Å². The first-order valence-electron chi connectivity index (χ1n) is 9.34. The molecule has 0 bridgehead atoms. The minimum Gasteiger partial charge on any atom is -0.491 e. The SMILES string of the molecule is CC[C@@H](C)Oc1ccc(/C=C2\SC(=S)N(NC(=O)Nc3ccc(Cl)c(Cl)c3)C2=O)cc1. The van der Waals surface area contributed by atoms with Gasteiger partial charge in [-0.1, -0.05) is 54.0 Å². The number of anilines is 1. The number of benzene rings is 2. The van der Waals surface area contributed by atoms with Crippen LogP contribution in [0.25, 0.3) is 6.08 Å². The number of ether oxygens (including phenoxy) is 1. The number of hydrogen-bond acceptors (Lipinski definition) is 5. The molecule has 1 heterocycles. The Kier molecular flexibility index (Phi) is 7.83. The molecule has 3 amide bonds. The number of amides is 3. The summed E-state index contributed by atoms with van der Waals surface area (Å²) in [5.74, 6) is 0.346. The molecule has 2 aromatic rings. The minimum atomic E-state index is -0.637. The van der Waals surface area contributed by atoms with Crippen LogP contribution in [0.5, 0.6) is 5.75 Å². The predicted molar refractivity (Wildman–Crippen MR) is 130 cm³/mol. The number of halogens is 2. The van der Waals surface area contributed by atoms with Crippen molar-refractivity contribution < 1.29 is 14.3 Å². The summed E-state index contributed by atoms with van der Waals surface area (Å²) >= 11 is 18.2. The van der Waals surface area contributed by atoms with Gasteiger partial charge in [-0.3, -0.25) is 4.79 Å². The van der Waals surface area contributed by atoms with Gasteiger partial charge in [0, 0.05) is 5.69 Å². The number of nitrogens with one attached hydrogen (secondary N) is 2. The molecule has 1 aliphatic rings. The molecular weight excluding hydrogens is 477 g/mol. The first-order chi connectivity index (χ1) is 14.8. The molecule has 1 atom stereocenters. The van der Waals surface area contributed by atoms with E-state index < -0.39 is 11.9 Å². The predicted octanol–water partition coefficient (Wildman–Crippen LogP) is 6.11. The molecule has 3 rings (SSSR count). The molecule has 6 nitrogen and oxygen atoms in total. The van der Waals surface area contributed by atoms with Crippen molar-refractivity contribution in [2.45, 2.75) is 26.4 Å². The molecule has 0 spiro atoms. The van der Waals surface area contributed by atoms with Gasteiger partial charge in [0.2, 0.25) is 0 Å². The van der Waals surface area contributed by atoms with Gasteiger partial charge in [-0.15, -0.1) is 0 Å². The summed E-state index contributed by atoms with van der Waals surface area (Å²) in [6.45, 7) is 4.06. The van der Waals surface area contributed by atoms with Gasteiger partial charge < -0.3 is 10.1 Å². The van der Waals surface area contributed by atoms with E-state index in [1.54, 1.807) is 18.2 Å². The van der Waals surface area contributed by atoms with Gasteiger partial charge in [0.1, 0.15) is 5.75 Å². The lowest BCUT2D eigenvalue weighted by Gasteiger charge is -2.16. The lowest BCUT2D eigenvalue weighted by atomic mass is 10.2. The highest BCUT2D eigenvalue weighted by Crippen LogP contribution is 2.32. The zero-order chi connectivity index (χ0) is 22.5. The Labute approximate surface area is 199 Å². The fourth-order valence-electron chi connectivity index (χ4n) is 2.51. The zero-order valence-electron chi connectivity index (χ0n) is 16.6. The fraction of sp³-hybridized carbons (Fsp3) is 0.190. The van der Waals surface area contributed by atoms with Crippen LogP contribution in [0.3, 0.4) is 0 Å². The van der Waals surface area contributed by atoms with E-state index in [-0.39, 0.29) is 10.4 Å². The molecule has 0 unspecified atom stereocenters. The topological polar surface area (TPSA) is 70.7 Å². The number of hydrogen-bond donors (Lipinski definition) is 2. The summed E-state index contributed by atoms with van der Waals surface area (Å²) in [7, 11) is 0. The maximum absolute atomic E-state index is 12.7. The summed E-state index contributed by atoms with van der Waals surface area (Å²) in [5.41, 5.74) is 3.69. The number of thioether (sulfide) groups is 1. The summed E-state index contributed by atoms with van der Waals surface area (Å²) < 4.78 is 5.98. The number of thiocarbonyl (C=S) groups is 1.